The van der Waals surface area contributed by atoms with Gasteiger partial charge in [0.1, 0.15) is 0 Å². The van der Waals surface area contributed by atoms with Gasteiger partial charge in [-0.1, -0.05) is 57.0 Å². The standard InChI is InChI=1S/C18H25NO/c1-13(2)19-12-17(20)15-11-18(9-5-6-10-18)16-8-4-3-7-14(15)16/h3-4,7-8,11,13,17,19-20H,5-6,9-10,12H2,1-2H3. The van der Waals surface area contributed by atoms with Crippen LogP contribution in [0.4, 0.5) is 0 Å². The van der Waals surface area contributed by atoms with Gasteiger partial charge in [0.2, 0.25) is 0 Å². The van der Waals surface area contributed by atoms with Crippen molar-refractivity contribution in [2.75, 3.05) is 6.54 Å². The van der Waals surface area contributed by atoms with Crippen LogP contribution in [0.15, 0.2) is 30.3 Å². The predicted octanol–water partition coefficient (Wildman–Crippen LogP) is 3.25. The van der Waals surface area contributed by atoms with Gasteiger partial charge in [0.05, 0.1) is 6.10 Å². The van der Waals surface area contributed by atoms with Crippen molar-refractivity contribution in [2.45, 2.75) is 57.1 Å². The van der Waals surface area contributed by atoms with E-state index in [0.717, 1.165) is 5.57 Å². The van der Waals surface area contributed by atoms with E-state index in [2.05, 4.69) is 49.5 Å². The summed E-state index contributed by atoms with van der Waals surface area (Å²) in [5.41, 5.74) is 4.06. The first-order valence-corrected chi connectivity index (χ1v) is 7.86. The monoisotopic (exact) mass is 271 g/mol. The number of fused-ring (bicyclic) bond motifs is 2. The largest absolute Gasteiger partial charge is 0.387 e. The fourth-order valence-corrected chi connectivity index (χ4v) is 3.77. The van der Waals surface area contributed by atoms with Crippen LogP contribution in [0.5, 0.6) is 0 Å². The Balaban J connectivity index is 1.91. The molecule has 3 rings (SSSR count). The maximum absolute atomic E-state index is 10.6. The molecular weight excluding hydrogens is 246 g/mol. The van der Waals surface area contributed by atoms with Crippen LogP contribution >= 0.6 is 0 Å². The Morgan fingerprint density at radius 1 is 1.20 bits per heavy atom. The number of hydrogen-bond donors (Lipinski definition) is 2. The van der Waals surface area contributed by atoms with Crippen molar-refractivity contribution < 1.29 is 5.11 Å². The second kappa shape index (κ2) is 5.34. The molecule has 2 aliphatic rings. The van der Waals surface area contributed by atoms with E-state index in [1.54, 1.807) is 0 Å². The van der Waals surface area contributed by atoms with E-state index in [4.69, 9.17) is 0 Å². The Hall–Kier alpha value is -1.12. The lowest BCUT2D eigenvalue weighted by Crippen LogP contribution is -2.32. The zero-order valence-electron chi connectivity index (χ0n) is 12.5. The lowest BCUT2D eigenvalue weighted by atomic mass is 9.81. The van der Waals surface area contributed by atoms with E-state index in [9.17, 15) is 5.11 Å². The summed E-state index contributed by atoms with van der Waals surface area (Å²) in [6, 6.07) is 9.05. The van der Waals surface area contributed by atoms with Crippen LogP contribution in [0.2, 0.25) is 0 Å². The van der Waals surface area contributed by atoms with E-state index in [1.807, 2.05) is 0 Å². The van der Waals surface area contributed by atoms with E-state index in [1.165, 1.54) is 36.8 Å². The molecule has 20 heavy (non-hydrogen) atoms. The minimum Gasteiger partial charge on any atom is -0.387 e. The summed E-state index contributed by atoms with van der Waals surface area (Å²) in [6.07, 6.45) is 7.04. The number of hydrogen-bond acceptors (Lipinski definition) is 2. The minimum atomic E-state index is -0.404. The molecule has 0 aromatic heterocycles. The molecular formula is C18H25NO. The smallest absolute Gasteiger partial charge is 0.0917 e. The number of aliphatic hydroxyl groups is 1. The maximum Gasteiger partial charge on any atom is 0.0917 e. The Bertz CT molecular complexity index is 512. The van der Waals surface area contributed by atoms with Crippen LogP contribution in [0.3, 0.4) is 0 Å². The van der Waals surface area contributed by atoms with Gasteiger partial charge in [0.15, 0.2) is 0 Å². The van der Waals surface area contributed by atoms with Gasteiger partial charge in [-0.25, -0.2) is 0 Å². The summed E-state index contributed by atoms with van der Waals surface area (Å²) in [7, 11) is 0. The van der Waals surface area contributed by atoms with Crippen molar-refractivity contribution >= 4 is 5.57 Å². The molecule has 1 spiro atoms. The zero-order valence-corrected chi connectivity index (χ0v) is 12.5. The van der Waals surface area contributed by atoms with Crippen LogP contribution in [-0.2, 0) is 5.41 Å². The second-order valence-electron chi connectivity index (χ2n) is 6.59. The highest BCUT2D eigenvalue weighted by molar-refractivity contribution is 5.79. The molecule has 108 valence electrons. The van der Waals surface area contributed by atoms with E-state index >= 15 is 0 Å². The number of benzene rings is 1. The Kier molecular flexibility index (Phi) is 3.70. The van der Waals surface area contributed by atoms with Crippen LogP contribution in [0, 0.1) is 0 Å². The van der Waals surface area contributed by atoms with Gasteiger partial charge in [-0.2, -0.15) is 0 Å². The normalized spacial score (nSPS) is 21.3. The summed E-state index contributed by atoms with van der Waals surface area (Å²) >= 11 is 0. The fourth-order valence-electron chi connectivity index (χ4n) is 3.77. The molecule has 1 fully saturated rings. The third-order valence-electron chi connectivity index (χ3n) is 4.78. The molecule has 2 nitrogen and oxygen atoms in total. The Morgan fingerprint density at radius 3 is 2.60 bits per heavy atom. The van der Waals surface area contributed by atoms with Crippen molar-refractivity contribution in [1.82, 2.24) is 5.32 Å². The summed E-state index contributed by atoms with van der Waals surface area (Å²) in [4.78, 5) is 0. The van der Waals surface area contributed by atoms with Gasteiger partial charge < -0.3 is 10.4 Å². The Morgan fingerprint density at radius 2 is 1.90 bits per heavy atom. The van der Waals surface area contributed by atoms with Crippen molar-refractivity contribution in [3.8, 4) is 0 Å². The minimum absolute atomic E-state index is 0.213. The van der Waals surface area contributed by atoms with Gasteiger partial charge in [-0.3, -0.25) is 0 Å². The molecule has 0 heterocycles. The number of nitrogens with one attached hydrogen (secondary N) is 1. The molecule has 1 aromatic rings. The molecule has 2 N–H and O–H groups in total. The summed E-state index contributed by atoms with van der Waals surface area (Å²) in [5, 5.41) is 13.9. The van der Waals surface area contributed by atoms with E-state index < -0.39 is 6.10 Å². The highest BCUT2D eigenvalue weighted by atomic mass is 16.3. The molecule has 1 atom stereocenters. The molecule has 1 aromatic carbocycles. The van der Waals surface area contributed by atoms with Gasteiger partial charge in [-0.05, 0) is 29.5 Å². The summed E-state index contributed by atoms with van der Waals surface area (Å²) < 4.78 is 0. The SMILES string of the molecule is CC(C)NCC(O)C1=CC2(CCCC2)c2ccccc21. The molecule has 0 amide bonds. The first-order chi connectivity index (χ1) is 9.62. The van der Waals surface area contributed by atoms with E-state index in [0.29, 0.717) is 12.6 Å². The van der Waals surface area contributed by atoms with Crippen LogP contribution in [0.25, 0.3) is 5.57 Å². The maximum atomic E-state index is 10.6. The van der Waals surface area contributed by atoms with Crippen molar-refractivity contribution in [3.63, 3.8) is 0 Å². The quantitative estimate of drug-likeness (QED) is 0.881. The molecule has 1 unspecified atom stereocenters. The average molecular weight is 271 g/mol. The summed E-state index contributed by atoms with van der Waals surface area (Å²) in [6.45, 7) is 4.86. The van der Waals surface area contributed by atoms with Gasteiger partial charge in [0, 0.05) is 18.0 Å². The average Bonchev–Trinajstić information content (AvgIpc) is 3.04. The molecule has 1 saturated carbocycles. The topological polar surface area (TPSA) is 32.3 Å². The third kappa shape index (κ3) is 2.32. The number of rotatable bonds is 4. The number of allylic oxidation sites excluding steroid dienone is 1. The molecule has 0 aliphatic heterocycles. The molecule has 0 saturated heterocycles. The lowest BCUT2D eigenvalue weighted by Gasteiger charge is -2.22. The highest BCUT2D eigenvalue weighted by Gasteiger charge is 2.41. The van der Waals surface area contributed by atoms with Crippen molar-refractivity contribution in [2.24, 2.45) is 0 Å². The van der Waals surface area contributed by atoms with Gasteiger partial charge >= 0.3 is 0 Å². The predicted molar refractivity (Wildman–Crippen MR) is 83.7 cm³/mol. The Labute approximate surface area is 121 Å². The first kappa shape index (κ1) is 13.8. The van der Waals surface area contributed by atoms with Crippen LogP contribution in [0.1, 0.15) is 50.7 Å². The van der Waals surface area contributed by atoms with E-state index in [-0.39, 0.29) is 5.41 Å². The first-order valence-electron chi connectivity index (χ1n) is 7.86. The van der Waals surface area contributed by atoms with Crippen molar-refractivity contribution in [3.05, 3.63) is 41.5 Å². The molecule has 2 heteroatoms. The second-order valence-corrected chi connectivity index (χ2v) is 6.59. The lowest BCUT2D eigenvalue weighted by molar-refractivity contribution is 0.224. The van der Waals surface area contributed by atoms with Crippen molar-refractivity contribution in [1.29, 1.82) is 0 Å². The number of aliphatic hydroxyl groups excluding tert-OH is 1. The third-order valence-corrected chi connectivity index (χ3v) is 4.78. The molecule has 2 aliphatic carbocycles. The zero-order chi connectivity index (χ0) is 14.2. The molecule has 0 radical (unpaired) electrons. The van der Waals surface area contributed by atoms with Gasteiger partial charge in [-0.15, -0.1) is 0 Å². The fraction of sp³-hybridized carbons (Fsp3) is 0.556. The van der Waals surface area contributed by atoms with Gasteiger partial charge in [0.25, 0.3) is 0 Å². The molecule has 0 bridgehead atoms. The highest BCUT2D eigenvalue weighted by Crippen LogP contribution is 2.51. The van der Waals surface area contributed by atoms with Crippen LogP contribution < -0.4 is 5.32 Å². The summed E-state index contributed by atoms with van der Waals surface area (Å²) in [5.74, 6) is 0. The van der Waals surface area contributed by atoms with Crippen LogP contribution in [-0.4, -0.2) is 23.8 Å².